The molecule has 8 heteroatoms. The van der Waals surface area contributed by atoms with Crippen molar-refractivity contribution in [3.05, 3.63) is 46.3 Å². The fourth-order valence-corrected chi connectivity index (χ4v) is 3.36. The summed E-state index contributed by atoms with van der Waals surface area (Å²) >= 11 is 0. The lowest BCUT2D eigenvalue weighted by atomic mass is 10.3. The van der Waals surface area contributed by atoms with Crippen LogP contribution >= 0.6 is 0 Å². The number of nitrogens with zero attached hydrogens (tertiary/aromatic N) is 2. The van der Waals surface area contributed by atoms with E-state index in [2.05, 4.69) is 6.58 Å². The third-order valence-electron chi connectivity index (χ3n) is 2.55. The van der Waals surface area contributed by atoms with E-state index < -0.39 is 31.3 Å². The number of sulfonamides is 1. The standard InChI is InChI=1S/C12H15FN2O4S/c1-4-14(8-9(2)3)20(18,19)11-7-5-6-10(13)12(11)15(16)17/h5-7H,2,4,8H2,1,3H3. The Balaban J connectivity index is 3.46. The molecule has 0 N–H and O–H groups in total. The van der Waals surface area contributed by atoms with E-state index in [1.165, 1.54) is 0 Å². The van der Waals surface area contributed by atoms with E-state index in [9.17, 15) is 22.9 Å². The van der Waals surface area contributed by atoms with Crippen LogP contribution in [0.25, 0.3) is 0 Å². The lowest BCUT2D eigenvalue weighted by molar-refractivity contribution is -0.390. The summed E-state index contributed by atoms with van der Waals surface area (Å²) in [5, 5.41) is 10.9. The molecule has 0 aliphatic carbocycles. The van der Waals surface area contributed by atoms with E-state index in [1.54, 1.807) is 13.8 Å². The number of rotatable bonds is 6. The zero-order valence-electron chi connectivity index (χ0n) is 11.2. The molecule has 1 aromatic rings. The zero-order valence-corrected chi connectivity index (χ0v) is 12.0. The summed E-state index contributed by atoms with van der Waals surface area (Å²) < 4.78 is 39.3. The number of likely N-dealkylation sites (N-methyl/N-ethyl adjacent to an activating group) is 1. The van der Waals surface area contributed by atoms with Crippen LogP contribution < -0.4 is 0 Å². The van der Waals surface area contributed by atoms with Crippen molar-refractivity contribution < 1.29 is 17.7 Å². The van der Waals surface area contributed by atoms with Gasteiger partial charge in [-0.15, -0.1) is 0 Å². The monoisotopic (exact) mass is 302 g/mol. The Kier molecular flexibility index (Phi) is 4.96. The van der Waals surface area contributed by atoms with Gasteiger partial charge in [0.15, 0.2) is 4.90 Å². The van der Waals surface area contributed by atoms with Gasteiger partial charge >= 0.3 is 5.69 Å². The van der Waals surface area contributed by atoms with Crippen molar-refractivity contribution in [2.45, 2.75) is 18.7 Å². The molecule has 0 aliphatic rings. The lowest BCUT2D eigenvalue weighted by Gasteiger charge is -2.20. The van der Waals surface area contributed by atoms with Crippen LogP contribution in [0.5, 0.6) is 0 Å². The summed E-state index contributed by atoms with van der Waals surface area (Å²) in [6, 6.07) is 3.01. The molecule has 0 radical (unpaired) electrons. The number of hydrogen-bond donors (Lipinski definition) is 0. The first-order chi connectivity index (χ1) is 9.21. The maximum Gasteiger partial charge on any atom is 0.324 e. The van der Waals surface area contributed by atoms with E-state index in [0.29, 0.717) is 5.57 Å². The van der Waals surface area contributed by atoms with Gasteiger partial charge in [-0.05, 0) is 19.1 Å². The van der Waals surface area contributed by atoms with E-state index in [0.717, 1.165) is 22.5 Å². The van der Waals surface area contributed by atoms with Gasteiger partial charge in [0, 0.05) is 13.1 Å². The van der Waals surface area contributed by atoms with Crippen molar-refractivity contribution in [2.24, 2.45) is 0 Å². The Labute approximate surface area is 116 Å². The summed E-state index contributed by atoms with van der Waals surface area (Å²) in [6.45, 7) is 6.96. The van der Waals surface area contributed by atoms with Gasteiger partial charge in [-0.25, -0.2) is 8.42 Å². The number of halogens is 1. The van der Waals surface area contributed by atoms with Crippen LogP contribution in [0.1, 0.15) is 13.8 Å². The Hall–Kier alpha value is -1.80. The molecule has 20 heavy (non-hydrogen) atoms. The van der Waals surface area contributed by atoms with Crippen LogP contribution in [-0.2, 0) is 10.0 Å². The van der Waals surface area contributed by atoms with E-state index in [1.807, 2.05) is 0 Å². The lowest BCUT2D eigenvalue weighted by Crippen LogP contribution is -2.32. The molecular formula is C12H15FN2O4S. The predicted molar refractivity (Wildman–Crippen MR) is 72.3 cm³/mol. The SMILES string of the molecule is C=C(C)CN(CC)S(=O)(=O)c1cccc(F)c1[N+](=O)[O-]. The van der Waals surface area contributed by atoms with Crippen LogP contribution in [0.4, 0.5) is 10.1 Å². The molecule has 0 saturated heterocycles. The molecule has 0 bridgehead atoms. The Morgan fingerprint density at radius 1 is 1.50 bits per heavy atom. The maximum absolute atomic E-state index is 13.5. The van der Waals surface area contributed by atoms with Gasteiger partial charge in [0.1, 0.15) is 0 Å². The topological polar surface area (TPSA) is 80.5 Å². The summed E-state index contributed by atoms with van der Waals surface area (Å²) in [4.78, 5) is 9.21. The van der Waals surface area contributed by atoms with Crippen molar-refractivity contribution in [3.63, 3.8) is 0 Å². The Morgan fingerprint density at radius 2 is 2.10 bits per heavy atom. The average molecular weight is 302 g/mol. The van der Waals surface area contributed by atoms with Crippen molar-refractivity contribution in [3.8, 4) is 0 Å². The van der Waals surface area contributed by atoms with Gasteiger partial charge in [0.05, 0.1) is 4.92 Å². The Morgan fingerprint density at radius 3 is 2.55 bits per heavy atom. The van der Waals surface area contributed by atoms with Crippen LogP contribution in [0.15, 0.2) is 35.2 Å². The van der Waals surface area contributed by atoms with Crippen molar-refractivity contribution in [1.82, 2.24) is 4.31 Å². The van der Waals surface area contributed by atoms with Crippen molar-refractivity contribution in [1.29, 1.82) is 0 Å². The first-order valence-corrected chi connectivity index (χ1v) is 7.23. The normalized spacial score (nSPS) is 11.6. The first-order valence-electron chi connectivity index (χ1n) is 5.79. The fourth-order valence-electron chi connectivity index (χ4n) is 1.69. The van der Waals surface area contributed by atoms with Gasteiger partial charge in [-0.1, -0.05) is 25.1 Å². The van der Waals surface area contributed by atoms with Gasteiger partial charge in [0.2, 0.25) is 15.8 Å². The molecule has 0 spiro atoms. The minimum atomic E-state index is -4.15. The van der Waals surface area contributed by atoms with Gasteiger partial charge in [-0.2, -0.15) is 8.70 Å². The summed E-state index contributed by atoms with van der Waals surface area (Å²) in [5.74, 6) is -1.18. The summed E-state index contributed by atoms with van der Waals surface area (Å²) in [7, 11) is -4.15. The molecule has 0 aliphatic heterocycles. The highest BCUT2D eigenvalue weighted by molar-refractivity contribution is 7.89. The molecule has 0 atom stereocenters. The zero-order chi connectivity index (χ0) is 15.5. The summed E-state index contributed by atoms with van der Waals surface area (Å²) in [5.41, 5.74) is -0.456. The molecule has 0 fully saturated rings. The Bertz CT molecular complexity index is 643. The molecule has 0 amide bonds. The molecular weight excluding hydrogens is 287 g/mol. The molecule has 6 nitrogen and oxygen atoms in total. The molecule has 0 unspecified atom stereocenters. The fraction of sp³-hybridized carbons (Fsp3) is 0.333. The van der Waals surface area contributed by atoms with E-state index >= 15 is 0 Å². The van der Waals surface area contributed by atoms with Gasteiger partial charge in [-0.3, -0.25) is 10.1 Å². The average Bonchev–Trinajstić information content (AvgIpc) is 2.34. The third kappa shape index (κ3) is 3.20. The van der Waals surface area contributed by atoms with Crippen molar-refractivity contribution in [2.75, 3.05) is 13.1 Å². The molecule has 0 aromatic heterocycles. The van der Waals surface area contributed by atoms with Crippen LogP contribution in [-0.4, -0.2) is 30.7 Å². The minimum Gasteiger partial charge on any atom is -0.258 e. The third-order valence-corrected chi connectivity index (χ3v) is 4.50. The molecule has 0 saturated carbocycles. The van der Waals surface area contributed by atoms with E-state index in [4.69, 9.17) is 0 Å². The second kappa shape index (κ2) is 6.10. The number of hydrogen-bond acceptors (Lipinski definition) is 4. The number of benzene rings is 1. The highest BCUT2D eigenvalue weighted by Crippen LogP contribution is 2.29. The highest BCUT2D eigenvalue weighted by Gasteiger charge is 2.33. The number of nitro groups is 1. The van der Waals surface area contributed by atoms with E-state index in [-0.39, 0.29) is 13.1 Å². The predicted octanol–water partition coefficient (Wildman–Crippen LogP) is 2.32. The van der Waals surface area contributed by atoms with Crippen LogP contribution in [0, 0.1) is 15.9 Å². The number of para-hydroxylation sites is 1. The van der Waals surface area contributed by atoms with Crippen molar-refractivity contribution >= 4 is 15.7 Å². The molecule has 1 rings (SSSR count). The number of nitro benzene ring substituents is 1. The van der Waals surface area contributed by atoms with Crippen LogP contribution in [0.3, 0.4) is 0 Å². The smallest absolute Gasteiger partial charge is 0.258 e. The van der Waals surface area contributed by atoms with Gasteiger partial charge in [0.25, 0.3) is 0 Å². The second-order valence-corrected chi connectivity index (χ2v) is 6.14. The quantitative estimate of drug-likeness (QED) is 0.459. The molecule has 0 heterocycles. The second-order valence-electron chi connectivity index (χ2n) is 4.23. The first kappa shape index (κ1) is 16.3. The minimum absolute atomic E-state index is 0.0203. The maximum atomic E-state index is 13.5. The largest absolute Gasteiger partial charge is 0.324 e. The molecule has 110 valence electrons. The highest BCUT2D eigenvalue weighted by atomic mass is 32.2. The van der Waals surface area contributed by atoms with Gasteiger partial charge < -0.3 is 0 Å². The molecule has 1 aromatic carbocycles. The summed E-state index contributed by atoms with van der Waals surface area (Å²) in [6.07, 6.45) is 0. The van der Waals surface area contributed by atoms with Crippen LogP contribution in [0.2, 0.25) is 0 Å².